The van der Waals surface area contributed by atoms with Crippen LogP contribution in [0.25, 0.3) is 16.8 Å². The molecule has 0 saturated heterocycles. The van der Waals surface area contributed by atoms with Gasteiger partial charge in [0.15, 0.2) is 5.78 Å². The Kier molecular flexibility index (Phi) is 4.89. The first-order chi connectivity index (χ1) is 11.6. The molecule has 4 heteroatoms. The second-order valence-electron chi connectivity index (χ2n) is 5.26. The lowest BCUT2D eigenvalue weighted by molar-refractivity contribution is 0.104. The monoisotopic (exact) mass is 356 g/mol. The third-order valence-electron chi connectivity index (χ3n) is 3.73. The lowest BCUT2D eigenvalue weighted by atomic mass is 10.0. The number of allylic oxidation sites excluding steroid dienone is 1. The van der Waals surface area contributed by atoms with Crippen LogP contribution in [0.5, 0.6) is 5.75 Å². The number of hydrogen-bond acceptors (Lipinski definition) is 2. The average molecular weight is 357 g/mol. The van der Waals surface area contributed by atoms with Crippen molar-refractivity contribution in [3.05, 3.63) is 81.8 Å². The number of halogens is 2. The van der Waals surface area contributed by atoms with Crippen molar-refractivity contribution in [1.29, 1.82) is 0 Å². The molecule has 0 atom stereocenters. The summed E-state index contributed by atoms with van der Waals surface area (Å²) in [5.41, 5.74) is 1.24. The zero-order valence-corrected chi connectivity index (χ0v) is 14.4. The van der Waals surface area contributed by atoms with E-state index in [4.69, 9.17) is 27.9 Å². The molecule has 0 unspecified atom stereocenters. The predicted octanol–water partition coefficient (Wildman–Crippen LogP) is 6.05. The molecule has 0 bridgehead atoms. The lowest BCUT2D eigenvalue weighted by Crippen LogP contribution is -1.94. The molecule has 0 spiro atoms. The van der Waals surface area contributed by atoms with Gasteiger partial charge in [0.05, 0.1) is 7.11 Å². The number of ketones is 1. The van der Waals surface area contributed by atoms with Gasteiger partial charge in [0.2, 0.25) is 0 Å². The van der Waals surface area contributed by atoms with Gasteiger partial charge in [-0.2, -0.15) is 0 Å². The van der Waals surface area contributed by atoms with Gasteiger partial charge >= 0.3 is 0 Å². The van der Waals surface area contributed by atoms with Gasteiger partial charge in [-0.1, -0.05) is 47.5 Å². The topological polar surface area (TPSA) is 26.3 Å². The molecule has 0 aliphatic rings. The van der Waals surface area contributed by atoms with Crippen LogP contribution >= 0.6 is 23.2 Å². The van der Waals surface area contributed by atoms with Gasteiger partial charge in [-0.05, 0) is 53.3 Å². The van der Waals surface area contributed by atoms with Crippen molar-refractivity contribution in [3.63, 3.8) is 0 Å². The highest BCUT2D eigenvalue weighted by molar-refractivity contribution is 6.37. The van der Waals surface area contributed by atoms with Crippen LogP contribution < -0.4 is 4.74 Å². The molecule has 0 aliphatic heterocycles. The van der Waals surface area contributed by atoms with Gasteiger partial charge in [-0.3, -0.25) is 4.79 Å². The maximum atomic E-state index is 12.4. The maximum absolute atomic E-state index is 12.4. The van der Waals surface area contributed by atoms with E-state index in [0.717, 1.165) is 16.5 Å². The zero-order valence-electron chi connectivity index (χ0n) is 12.9. The van der Waals surface area contributed by atoms with Crippen molar-refractivity contribution in [2.45, 2.75) is 0 Å². The van der Waals surface area contributed by atoms with E-state index in [1.807, 2.05) is 30.3 Å². The van der Waals surface area contributed by atoms with E-state index in [-0.39, 0.29) is 5.78 Å². The van der Waals surface area contributed by atoms with Gasteiger partial charge in [0.1, 0.15) is 5.75 Å². The summed E-state index contributed by atoms with van der Waals surface area (Å²) in [6.45, 7) is 0. The Hall–Kier alpha value is -2.29. The van der Waals surface area contributed by atoms with E-state index >= 15 is 0 Å². The van der Waals surface area contributed by atoms with Crippen LogP contribution in [-0.4, -0.2) is 12.9 Å². The highest BCUT2D eigenvalue weighted by Crippen LogP contribution is 2.26. The van der Waals surface area contributed by atoms with Crippen LogP contribution in [0, 0.1) is 0 Å². The third kappa shape index (κ3) is 3.45. The summed E-state index contributed by atoms with van der Waals surface area (Å²) < 4.78 is 5.21. The fraction of sp³-hybridized carbons (Fsp3) is 0.0500. The molecule has 0 amide bonds. The van der Waals surface area contributed by atoms with E-state index in [0.29, 0.717) is 21.2 Å². The van der Waals surface area contributed by atoms with Crippen molar-refractivity contribution < 1.29 is 9.53 Å². The first-order valence-corrected chi connectivity index (χ1v) is 8.08. The minimum atomic E-state index is -0.108. The molecular formula is C20H14Cl2O2. The number of rotatable bonds is 4. The molecule has 0 saturated carbocycles. The largest absolute Gasteiger partial charge is 0.497 e. The smallest absolute Gasteiger partial charge is 0.185 e. The lowest BCUT2D eigenvalue weighted by Gasteiger charge is -2.04. The number of benzene rings is 3. The quantitative estimate of drug-likeness (QED) is 0.420. The molecule has 3 aromatic carbocycles. The Balaban J connectivity index is 1.90. The highest BCUT2D eigenvalue weighted by atomic mass is 35.5. The summed E-state index contributed by atoms with van der Waals surface area (Å²) >= 11 is 12.2. The second-order valence-corrected chi connectivity index (χ2v) is 6.08. The van der Waals surface area contributed by atoms with E-state index in [1.165, 1.54) is 6.08 Å². The fourth-order valence-corrected chi connectivity index (χ4v) is 2.95. The number of carbonyl (C=O) groups excluding carboxylic acids is 1. The highest BCUT2D eigenvalue weighted by Gasteiger charge is 2.06. The first-order valence-electron chi connectivity index (χ1n) is 7.33. The molecule has 120 valence electrons. The first kappa shape index (κ1) is 16.6. The minimum Gasteiger partial charge on any atom is -0.497 e. The van der Waals surface area contributed by atoms with Crippen LogP contribution in [0.1, 0.15) is 15.9 Å². The molecule has 0 fully saturated rings. The van der Waals surface area contributed by atoms with Crippen molar-refractivity contribution in [2.75, 3.05) is 7.11 Å². The fourth-order valence-electron chi connectivity index (χ4n) is 2.43. The van der Waals surface area contributed by atoms with Crippen LogP contribution in [0.15, 0.2) is 60.7 Å². The number of carbonyl (C=O) groups is 1. The maximum Gasteiger partial charge on any atom is 0.185 e. The minimum absolute atomic E-state index is 0.108. The van der Waals surface area contributed by atoms with E-state index in [2.05, 4.69) is 0 Å². The molecular weight excluding hydrogens is 343 g/mol. The molecule has 0 heterocycles. The van der Waals surface area contributed by atoms with Crippen molar-refractivity contribution >= 4 is 45.8 Å². The molecule has 0 aliphatic carbocycles. The Morgan fingerprint density at radius 3 is 2.33 bits per heavy atom. The summed E-state index contributed by atoms with van der Waals surface area (Å²) in [5.74, 6) is 0.679. The van der Waals surface area contributed by atoms with E-state index < -0.39 is 0 Å². The van der Waals surface area contributed by atoms with Gasteiger partial charge in [0.25, 0.3) is 0 Å². The summed E-state index contributed by atoms with van der Waals surface area (Å²) in [7, 11) is 1.63. The van der Waals surface area contributed by atoms with Crippen molar-refractivity contribution in [3.8, 4) is 5.75 Å². The second kappa shape index (κ2) is 7.08. The Bertz CT molecular complexity index is 925. The predicted molar refractivity (Wildman–Crippen MR) is 100 cm³/mol. The number of ether oxygens (including phenoxy) is 1. The average Bonchev–Trinajstić information content (AvgIpc) is 2.60. The normalized spacial score (nSPS) is 11.1. The van der Waals surface area contributed by atoms with Crippen LogP contribution in [0.4, 0.5) is 0 Å². The Morgan fingerprint density at radius 2 is 1.62 bits per heavy atom. The van der Waals surface area contributed by atoms with Gasteiger partial charge in [-0.25, -0.2) is 0 Å². The molecule has 2 nitrogen and oxygen atoms in total. The zero-order chi connectivity index (χ0) is 17.1. The molecule has 0 N–H and O–H groups in total. The van der Waals surface area contributed by atoms with E-state index in [1.54, 1.807) is 37.5 Å². The molecule has 0 aromatic heterocycles. The Morgan fingerprint density at radius 1 is 0.958 bits per heavy atom. The van der Waals surface area contributed by atoms with Gasteiger partial charge in [0, 0.05) is 21.2 Å². The summed E-state index contributed by atoms with van der Waals surface area (Å²) in [6, 6.07) is 16.5. The van der Waals surface area contributed by atoms with Crippen LogP contribution in [0.2, 0.25) is 10.0 Å². The van der Waals surface area contributed by atoms with Crippen LogP contribution in [-0.2, 0) is 0 Å². The summed E-state index contributed by atoms with van der Waals surface area (Å²) in [5, 5.41) is 3.02. The standard InChI is InChI=1S/C20H14Cl2O2/c1-24-16-8-7-13-11-15(6-5-14(13)12-16)20(23)10-9-17-18(21)3-2-4-19(17)22/h2-12H,1H3. The van der Waals surface area contributed by atoms with Crippen molar-refractivity contribution in [2.24, 2.45) is 0 Å². The SMILES string of the molecule is COc1ccc2cc(C(=O)C=Cc3c(Cl)cccc3Cl)ccc2c1. The van der Waals surface area contributed by atoms with Crippen LogP contribution in [0.3, 0.4) is 0 Å². The molecule has 3 rings (SSSR count). The summed E-state index contributed by atoms with van der Waals surface area (Å²) in [6.07, 6.45) is 3.13. The number of fused-ring (bicyclic) bond motifs is 1. The molecule has 0 radical (unpaired) electrons. The molecule has 3 aromatic rings. The van der Waals surface area contributed by atoms with E-state index in [9.17, 15) is 4.79 Å². The van der Waals surface area contributed by atoms with Gasteiger partial charge < -0.3 is 4.74 Å². The molecule has 24 heavy (non-hydrogen) atoms. The third-order valence-corrected chi connectivity index (χ3v) is 4.39. The number of methoxy groups -OCH3 is 1. The van der Waals surface area contributed by atoms with Gasteiger partial charge in [-0.15, -0.1) is 0 Å². The summed E-state index contributed by atoms with van der Waals surface area (Å²) in [4.78, 5) is 12.4. The number of hydrogen-bond donors (Lipinski definition) is 0. The van der Waals surface area contributed by atoms with Crippen molar-refractivity contribution in [1.82, 2.24) is 0 Å². The Labute approximate surface area is 150 Å².